The van der Waals surface area contributed by atoms with Crippen molar-refractivity contribution >= 4 is 0 Å². The first-order valence-electron chi connectivity index (χ1n) is 4.52. The van der Waals surface area contributed by atoms with E-state index in [9.17, 15) is 70.2 Å². The van der Waals surface area contributed by atoms with E-state index in [4.69, 9.17) is 0 Å². The molecule has 0 saturated heterocycles. The Bertz CT molecular complexity index is 327. The second kappa shape index (κ2) is 22.6. The Morgan fingerprint density at radius 3 is 0.269 bits per heavy atom. The summed E-state index contributed by atoms with van der Waals surface area (Å²) >= 11 is 0. The van der Waals surface area contributed by atoms with Crippen LogP contribution in [0, 0.1) is 0 Å². The molecule has 0 saturated carbocycles. The zero-order chi connectivity index (χ0) is 22.6. The van der Waals surface area contributed by atoms with Crippen LogP contribution in [-0.2, 0) is 0 Å². The zero-order valence-corrected chi connectivity index (χ0v) is 11.5. The van der Waals surface area contributed by atoms with Gasteiger partial charge in [-0.3, -0.25) is 0 Å². The Labute approximate surface area is 133 Å². The van der Waals surface area contributed by atoms with Gasteiger partial charge in [-0.2, -0.15) is 70.2 Å². The highest BCUT2D eigenvalue weighted by atomic mass is 19.3. The van der Waals surface area contributed by atoms with Crippen molar-refractivity contribution < 1.29 is 70.2 Å². The van der Waals surface area contributed by atoms with Crippen molar-refractivity contribution in [1.82, 2.24) is 0 Å². The molecule has 0 N–H and O–H groups in total. The highest BCUT2D eigenvalue weighted by molar-refractivity contribution is 4.78. The van der Waals surface area contributed by atoms with Crippen LogP contribution in [0.25, 0.3) is 0 Å². The van der Waals surface area contributed by atoms with Crippen LogP contribution in [0.3, 0.4) is 0 Å². The molecule has 0 aromatic carbocycles. The summed E-state index contributed by atoms with van der Waals surface area (Å²) in [7, 11) is 0. The molecular formula is C10H4F16. The Morgan fingerprint density at radius 2 is 0.269 bits per heavy atom. The van der Waals surface area contributed by atoms with Gasteiger partial charge >= 0.3 is 48.6 Å². The van der Waals surface area contributed by atoms with Crippen LogP contribution in [0.15, 0.2) is 61.8 Å². The molecule has 0 aromatic rings. The summed E-state index contributed by atoms with van der Waals surface area (Å²) < 4.78 is 165. The molecule has 0 radical (unpaired) electrons. The van der Waals surface area contributed by atoms with Crippen molar-refractivity contribution in [2.45, 2.75) is 0 Å². The van der Waals surface area contributed by atoms with Crippen LogP contribution < -0.4 is 0 Å². The number of halogens is 16. The summed E-state index contributed by atoms with van der Waals surface area (Å²) in [5, 5.41) is 0. The Hall–Kier alpha value is -2.42. The van der Waals surface area contributed by atoms with Crippen molar-refractivity contribution in [3.05, 3.63) is 61.8 Å². The van der Waals surface area contributed by atoms with E-state index in [1.165, 1.54) is 0 Å². The van der Waals surface area contributed by atoms with Crippen molar-refractivity contribution in [1.29, 1.82) is 0 Å². The van der Waals surface area contributed by atoms with Gasteiger partial charge in [0.05, 0.1) is 0 Å². The largest absolute Gasteiger partial charge is 0.334 e. The van der Waals surface area contributed by atoms with Crippen LogP contribution in [0.5, 0.6) is 0 Å². The molecule has 0 heterocycles. The fraction of sp³-hybridized carbons (Fsp3) is 0. The molecule has 0 aromatic heterocycles. The molecule has 0 nitrogen and oxygen atoms in total. The van der Waals surface area contributed by atoms with Gasteiger partial charge in [-0.05, 0) is 0 Å². The molecule has 0 amide bonds. The normalized spacial score (nSPS) is 7.54. The summed E-state index contributed by atoms with van der Waals surface area (Å²) in [5.74, 6) is 0. The van der Waals surface area contributed by atoms with Crippen LogP contribution in [0.1, 0.15) is 0 Å². The van der Waals surface area contributed by atoms with Crippen LogP contribution in [-0.4, -0.2) is 0 Å². The van der Waals surface area contributed by atoms with Gasteiger partial charge < -0.3 is 0 Å². The summed E-state index contributed by atoms with van der Waals surface area (Å²) in [6, 6.07) is 0. The lowest BCUT2D eigenvalue weighted by Crippen LogP contribution is -1.56. The third kappa shape index (κ3) is 49.6. The third-order valence-corrected chi connectivity index (χ3v) is 0.571. The van der Waals surface area contributed by atoms with Gasteiger partial charge in [0.25, 0.3) is 0 Å². The predicted molar refractivity (Wildman–Crippen MR) is 57.1 cm³/mol. The maximum absolute atomic E-state index is 10.3. The topological polar surface area (TPSA) is 0 Å². The fourth-order valence-corrected chi connectivity index (χ4v) is 0. The summed E-state index contributed by atoms with van der Waals surface area (Å²) in [5.41, 5.74) is 0. The maximum atomic E-state index is 10.3. The van der Waals surface area contributed by atoms with Gasteiger partial charge in [-0.25, -0.2) is 0 Å². The van der Waals surface area contributed by atoms with Crippen LogP contribution in [0.2, 0.25) is 0 Å². The summed E-state index contributed by atoms with van der Waals surface area (Å²) in [6.45, 7) is 6.00. The number of hydrogen-bond acceptors (Lipinski definition) is 0. The molecule has 0 spiro atoms. The molecule has 0 fully saturated rings. The van der Waals surface area contributed by atoms with Crippen molar-refractivity contribution in [2.24, 2.45) is 0 Å². The third-order valence-electron chi connectivity index (χ3n) is 0.571. The number of rotatable bonds is 0. The van der Waals surface area contributed by atoms with Crippen molar-refractivity contribution in [3.8, 4) is 0 Å². The monoisotopic (exact) mass is 428 g/mol. The van der Waals surface area contributed by atoms with Gasteiger partial charge in [0.1, 0.15) is 0 Å². The SMILES string of the molecule is C=C.FC(F)=C(F)F.FC(F)=C(F)F.FC(F)=C(F)F.FC(F)=C(F)F. The molecule has 16 heteroatoms. The second-order valence-electron chi connectivity index (χ2n) is 2.08. The molecule has 156 valence electrons. The summed E-state index contributed by atoms with van der Waals surface area (Å²) in [4.78, 5) is 0. The van der Waals surface area contributed by atoms with Gasteiger partial charge in [-0.15, -0.1) is 13.2 Å². The molecule has 0 bridgehead atoms. The highest BCUT2D eigenvalue weighted by Gasteiger charge is 1.99. The minimum absolute atomic E-state index is 2.91. The van der Waals surface area contributed by atoms with E-state index in [-0.39, 0.29) is 0 Å². The minimum atomic E-state index is -2.91. The fourth-order valence-electron chi connectivity index (χ4n) is 0. The Kier molecular flexibility index (Phi) is 30.2. The van der Waals surface area contributed by atoms with E-state index in [1.807, 2.05) is 0 Å². The molecule has 0 atom stereocenters. The van der Waals surface area contributed by atoms with Crippen LogP contribution in [0.4, 0.5) is 70.2 Å². The lowest BCUT2D eigenvalue weighted by atomic mass is 11.1. The standard InChI is InChI=1S/4C2F4.C2H4/c4*3-1(4)2(5)6;1-2/h;;;;1-2H2. The maximum Gasteiger partial charge on any atom is 0.334 e. The Morgan fingerprint density at radius 1 is 0.231 bits per heavy atom. The lowest BCUT2D eigenvalue weighted by molar-refractivity contribution is 0.308. The zero-order valence-electron chi connectivity index (χ0n) is 11.5. The highest BCUT2D eigenvalue weighted by Crippen LogP contribution is 2.09. The minimum Gasteiger partial charge on any atom is -0.167 e. The van der Waals surface area contributed by atoms with Crippen LogP contribution >= 0.6 is 0 Å². The van der Waals surface area contributed by atoms with E-state index in [0.717, 1.165) is 0 Å². The molecule has 0 aliphatic rings. The second-order valence-corrected chi connectivity index (χ2v) is 2.08. The average Bonchev–Trinajstić information content (AvgIpc) is 2.50. The average molecular weight is 428 g/mol. The van der Waals surface area contributed by atoms with Crippen molar-refractivity contribution in [2.75, 3.05) is 0 Å². The van der Waals surface area contributed by atoms with Gasteiger partial charge in [0, 0.05) is 0 Å². The van der Waals surface area contributed by atoms with E-state index in [1.54, 1.807) is 0 Å². The Balaban J connectivity index is -0.0000000729. The smallest absolute Gasteiger partial charge is 0.167 e. The van der Waals surface area contributed by atoms with E-state index in [0.29, 0.717) is 0 Å². The molecule has 0 aliphatic heterocycles. The first kappa shape index (κ1) is 34.8. The molecule has 26 heavy (non-hydrogen) atoms. The quantitative estimate of drug-likeness (QED) is 0.267. The summed E-state index contributed by atoms with van der Waals surface area (Å²) in [6.07, 6.45) is -23.3. The molecule has 0 rings (SSSR count). The van der Waals surface area contributed by atoms with Gasteiger partial charge in [0.15, 0.2) is 0 Å². The van der Waals surface area contributed by atoms with Gasteiger partial charge in [0.2, 0.25) is 0 Å². The predicted octanol–water partition coefficient (Wildman–Crippen LogP) is 8.77. The van der Waals surface area contributed by atoms with E-state index in [2.05, 4.69) is 13.2 Å². The molecule has 0 aliphatic carbocycles. The first-order valence-corrected chi connectivity index (χ1v) is 4.52. The number of hydrogen-bond donors (Lipinski definition) is 0. The molecular weight excluding hydrogens is 424 g/mol. The van der Waals surface area contributed by atoms with Gasteiger partial charge in [-0.1, -0.05) is 0 Å². The van der Waals surface area contributed by atoms with E-state index < -0.39 is 48.6 Å². The lowest BCUT2D eigenvalue weighted by Gasteiger charge is -1.69. The van der Waals surface area contributed by atoms with E-state index >= 15 is 0 Å². The molecule has 0 unspecified atom stereocenters. The first-order chi connectivity index (χ1) is 11.6. The van der Waals surface area contributed by atoms with Crippen molar-refractivity contribution in [3.63, 3.8) is 0 Å².